The third kappa shape index (κ3) is 2.64. The molecule has 0 atom stereocenters. The average Bonchev–Trinajstić information content (AvgIpc) is 2.80. The summed E-state index contributed by atoms with van der Waals surface area (Å²) in [4.78, 5) is 17.2. The molecule has 0 saturated heterocycles. The van der Waals surface area contributed by atoms with Crippen molar-refractivity contribution in [1.82, 2.24) is 20.2 Å². The number of carbonyl (C=O) groups is 1. The Morgan fingerprint density at radius 1 is 1.45 bits per heavy atom. The second-order valence-corrected chi connectivity index (χ2v) is 4.29. The van der Waals surface area contributed by atoms with Crippen molar-refractivity contribution in [2.24, 2.45) is 0 Å². The van der Waals surface area contributed by atoms with E-state index in [2.05, 4.69) is 40.8 Å². The molecule has 10 heteroatoms. The number of nitrogens with one attached hydrogen (secondary N) is 1. The maximum atomic E-state index is 12.7. The normalized spacial score (nSPS) is 11.4. The molecule has 0 aliphatic carbocycles. The highest BCUT2D eigenvalue weighted by atomic mass is 79.9. The summed E-state index contributed by atoms with van der Waals surface area (Å²) in [5.74, 6) is -0.992. The van der Waals surface area contributed by atoms with Crippen LogP contribution in [-0.2, 0) is 10.9 Å². The Morgan fingerprint density at radius 2 is 2.15 bits per heavy atom. The molecule has 0 spiro atoms. The quantitative estimate of drug-likeness (QED) is 0.841. The number of esters is 1. The van der Waals surface area contributed by atoms with E-state index in [1.165, 1.54) is 12.3 Å². The first kappa shape index (κ1) is 14.4. The van der Waals surface area contributed by atoms with E-state index in [0.29, 0.717) is 0 Å². The van der Waals surface area contributed by atoms with Crippen LogP contribution in [0.3, 0.4) is 0 Å². The molecular formula is C10H6BrF3N4O2. The summed E-state index contributed by atoms with van der Waals surface area (Å²) in [5.41, 5.74) is -1.25. The molecule has 0 unspecified atom stereocenters. The number of imidazole rings is 1. The van der Waals surface area contributed by atoms with Gasteiger partial charge in [0.25, 0.3) is 0 Å². The molecule has 0 aromatic carbocycles. The summed E-state index contributed by atoms with van der Waals surface area (Å²) in [6.45, 7) is 0. The van der Waals surface area contributed by atoms with Crippen LogP contribution in [0.5, 0.6) is 0 Å². The first-order valence-corrected chi connectivity index (χ1v) is 5.87. The molecule has 106 valence electrons. The second kappa shape index (κ2) is 5.19. The van der Waals surface area contributed by atoms with Crippen molar-refractivity contribution in [1.29, 1.82) is 0 Å². The summed E-state index contributed by atoms with van der Waals surface area (Å²) in [6, 6.07) is 1.28. The van der Waals surface area contributed by atoms with Crippen LogP contribution in [0.4, 0.5) is 13.2 Å². The van der Waals surface area contributed by atoms with Crippen LogP contribution in [0.2, 0.25) is 0 Å². The van der Waals surface area contributed by atoms with E-state index in [9.17, 15) is 18.0 Å². The van der Waals surface area contributed by atoms with Gasteiger partial charge in [-0.15, -0.1) is 5.10 Å². The van der Waals surface area contributed by atoms with Gasteiger partial charge < -0.3 is 9.72 Å². The van der Waals surface area contributed by atoms with E-state index in [0.717, 1.165) is 7.11 Å². The van der Waals surface area contributed by atoms with Gasteiger partial charge in [-0.2, -0.15) is 18.3 Å². The summed E-state index contributed by atoms with van der Waals surface area (Å²) < 4.78 is 42.1. The molecule has 6 nitrogen and oxygen atoms in total. The van der Waals surface area contributed by atoms with Gasteiger partial charge in [-0.25, -0.2) is 9.78 Å². The molecule has 0 fully saturated rings. The first-order valence-electron chi connectivity index (χ1n) is 5.07. The zero-order valence-corrected chi connectivity index (χ0v) is 11.4. The number of methoxy groups -OCH3 is 1. The SMILES string of the molecule is COC(=O)c1ccnnc1-c1nc(Br)c(C(F)(F)F)[nH]1. The van der Waals surface area contributed by atoms with Gasteiger partial charge in [0.1, 0.15) is 10.3 Å². The summed E-state index contributed by atoms with van der Waals surface area (Å²) in [6.07, 6.45) is -3.39. The number of H-pyrrole nitrogens is 1. The highest BCUT2D eigenvalue weighted by molar-refractivity contribution is 9.10. The van der Waals surface area contributed by atoms with E-state index < -0.39 is 22.4 Å². The molecule has 1 N–H and O–H groups in total. The Morgan fingerprint density at radius 3 is 2.70 bits per heavy atom. The van der Waals surface area contributed by atoms with E-state index in [1.807, 2.05) is 0 Å². The Bertz CT molecular complexity index is 656. The Labute approximate surface area is 118 Å². The fourth-order valence-electron chi connectivity index (χ4n) is 1.43. The van der Waals surface area contributed by atoms with Gasteiger partial charge in [-0.1, -0.05) is 0 Å². The van der Waals surface area contributed by atoms with Crippen LogP contribution in [0.25, 0.3) is 11.5 Å². The molecule has 2 aromatic heterocycles. The van der Waals surface area contributed by atoms with Gasteiger partial charge in [0.05, 0.1) is 18.9 Å². The Hall–Kier alpha value is -1.97. The number of hydrogen-bond acceptors (Lipinski definition) is 5. The number of aromatic amines is 1. The molecule has 20 heavy (non-hydrogen) atoms. The van der Waals surface area contributed by atoms with Crippen molar-refractivity contribution in [2.75, 3.05) is 7.11 Å². The van der Waals surface area contributed by atoms with E-state index in [1.54, 1.807) is 0 Å². The smallest absolute Gasteiger partial charge is 0.433 e. The molecule has 0 radical (unpaired) electrons. The maximum Gasteiger partial charge on any atom is 0.433 e. The maximum absolute atomic E-state index is 12.7. The summed E-state index contributed by atoms with van der Waals surface area (Å²) in [5, 5.41) is 7.15. The lowest BCUT2D eigenvalue weighted by atomic mass is 10.2. The predicted molar refractivity (Wildman–Crippen MR) is 63.7 cm³/mol. The number of carbonyl (C=O) groups excluding carboxylic acids is 1. The lowest BCUT2D eigenvalue weighted by Gasteiger charge is -2.04. The van der Waals surface area contributed by atoms with Gasteiger partial charge in [0.2, 0.25) is 0 Å². The Kier molecular flexibility index (Phi) is 3.75. The first-order chi connectivity index (χ1) is 9.34. The van der Waals surface area contributed by atoms with Crippen molar-refractivity contribution in [2.45, 2.75) is 6.18 Å². The highest BCUT2D eigenvalue weighted by Gasteiger charge is 2.37. The number of hydrogen-bond donors (Lipinski definition) is 1. The number of rotatable bonds is 2. The highest BCUT2D eigenvalue weighted by Crippen LogP contribution is 2.35. The monoisotopic (exact) mass is 350 g/mol. The standard InChI is InChI=1S/C10H6BrF3N4O2/c1-20-9(19)4-2-3-15-18-5(4)8-16-6(7(11)17-8)10(12,13)14/h2-3H,1H3,(H,16,17). The zero-order chi connectivity index (χ0) is 14.9. The molecular weight excluding hydrogens is 345 g/mol. The van der Waals surface area contributed by atoms with Gasteiger partial charge in [-0.3, -0.25) is 0 Å². The number of halogens is 4. The van der Waals surface area contributed by atoms with Crippen LogP contribution < -0.4 is 0 Å². The van der Waals surface area contributed by atoms with Crippen molar-refractivity contribution >= 4 is 21.9 Å². The van der Waals surface area contributed by atoms with Gasteiger partial charge >= 0.3 is 12.1 Å². The Balaban J connectivity index is 2.56. The van der Waals surface area contributed by atoms with Gasteiger partial charge in [-0.05, 0) is 22.0 Å². The van der Waals surface area contributed by atoms with E-state index >= 15 is 0 Å². The number of ether oxygens (including phenoxy) is 1. The van der Waals surface area contributed by atoms with E-state index in [4.69, 9.17) is 0 Å². The molecule has 2 rings (SSSR count). The minimum atomic E-state index is -4.61. The largest absolute Gasteiger partial charge is 0.465 e. The molecule has 0 amide bonds. The van der Waals surface area contributed by atoms with Gasteiger partial charge in [0, 0.05) is 0 Å². The number of nitrogens with zero attached hydrogens (tertiary/aromatic N) is 3. The topological polar surface area (TPSA) is 80.8 Å². The number of aromatic nitrogens is 4. The van der Waals surface area contributed by atoms with Crippen molar-refractivity contribution in [3.8, 4) is 11.5 Å². The summed E-state index contributed by atoms with van der Waals surface area (Å²) in [7, 11) is 1.14. The van der Waals surface area contributed by atoms with Gasteiger partial charge in [0.15, 0.2) is 11.5 Å². The third-order valence-corrected chi connectivity index (χ3v) is 2.87. The fourth-order valence-corrected chi connectivity index (χ4v) is 1.93. The second-order valence-electron chi connectivity index (χ2n) is 3.53. The predicted octanol–water partition coefficient (Wildman–Crippen LogP) is 2.43. The molecule has 0 aliphatic heterocycles. The van der Waals surface area contributed by atoms with Crippen molar-refractivity contribution < 1.29 is 22.7 Å². The lowest BCUT2D eigenvalue weighted by molar-refractivity contribution is -0.141. The molecule has 2 heterocycles. The zero-order valence-electron chi connectivity index (χ0n) is 9.82. The van der Waals surface area contributed by atoms with Crippen molar-refractivity contribution in [3.05, 3.63) is 28.1 Å². The van der Waals surface area contributed by atoms with Crippen LogP contribution in [0.15, 0.2) is 16.9 Å². The fraction of sp³-hybridized carbons (Fsp3) is 0.200. The van der Waals surface area contributed by atoms with E-state index in [-0.39, 0.29) is 17.1 Å². The van der Waals surface area contributed by atoms with Crippen LogP contribution in [0.1, 0.15) is 16.1 Å². The average molecular weight is 351 g/mol. The summed E-state index contributed by atoms with van der Waals surface area (Å²) >= 11 is 2.70. The minimum absolute atomic E-state index is 0.0440. The molecule has 2 aromatic rings. The minimum Gasteiger partial charge on any atom is -0.465 e. The third-order valence-electron chi connectivity index (χ3n) is 2.29. The molecule has 0 saturated carbocycles. The van der Waals surface area contributed by atoms with Crippen LogP contribution in [0, 0.1) is 0 Å². The lowest BCUT2D eigenvalue weighted by Crippen LogP contribution is -2.08. The van der Waals surface area contributed by atoms with Crippen LogP contribution in [-0.4, -0.2) is 33.2 Å². The number of alkyl halides is 3. The molecule has 0 aliphatic rings. The van der Waals surface area contributed by atoms with Crippen molar-refractivity contribution in [3.63, 3.8) is 0 Å². The molecule has 0 bridgehead atoms. The van der Waals surface area contributed by atoms with Crippen LogP contribution >= 0.6 is 15.9 Å².